The van der Waals surface area contributed by atoms with Crippen LogP contribution < -0.4 is 9.47 Å². The van der Waals surface area contributed by atoms with E-state index in [2.05, 4.69) is 0 Å². The molecule has 3 rings (SSSR count). The summed E-state index contributed by atoms with van der Waals surface area (Å²) < 4.78 is 37.8. The van der Waals surface area contributed by atoms with E-state index in [1.54, 1.807) is 18.5 Å². The molecule has 0 unspecified atom stereocenters. The SMILES string of the molecule is COc1ccc(CN(Cc2ccc(OC)cc2)S(=O)(=O)CC2CC2)cc1. The Morgan fingerprint density at radius 1 is 0.846 bits per heavy atom. The molecule has 5 nitrogen and oxygen atoms in total. The average Bonchev–Trinajstić information content (AvgIpc) is 3.45. The van der Waals surface area contributed by atoms with Crippen LogP contribution in [0, 0.1) is 5.92 Å². The fraction of sp³-hybridized carbons (Fsp3) is 0.400. The number of rotatable bonds is 9. The topological polar surface area (TPSA) is 55.8 Å². The van der Waals surface area contributed by atoms with E-state index in [0.717, 1.165) is 35.5 Å². The molecule has 140 valence electrons. The Kier molecular flexibility index (Phi) is 5.84. The Hall–Kier alpha value is -2.05. The van der Waals surface area contributed by atoms with Crippen LogP contribution in [0.4, 0.5) is 0 Å². The maximum Gasteiger partial charge on any atom is 0.214 e. The van der Waals surface area contributed by atoms with Gasteiger partial charge in [0.1, 0.15) is 11.5 Å². The summed E-state index contributed by atoms with van der Waals surface area (Å²) in [5.41, 5.74) is 1.89. The molecule has 1 aliphatic rings. The molecule has 2 aromatic carbocycles. The van der Waals surface area contributed by atoms with E-state index in [4.69, 9.17) is 9.47 Å². The molecule has 0 aromatic heterocycles. The summed E-state index contributed by atoms with van der Waals surface area (Å²) in [5.74, 6) is 2.07. The van der Waals surface area contributed by atoms with Crippen molar-refractivity contribution in [3.63, 3.8) is 0 Å². The third-order valence-electron chi connectivity index (χ3n) is 4.57. The molecule has 2 aromatic rings. The van der Waals surface area contributed by atoms with Crippen LogP contribution >= 0.6 is 0 Å². The first-order chi connectivity index (χ1) is 12.5. The molecule has 26 heavy (non-hydrogen) atoms. The van der Waals surface area contributed by atoms with Gasteiger partial charge < -0.3 is 9.47 Å². The molecule has 0 radical (unpaired) electrons. The summed E-state index contributed by atoms with van der Waals surface area (Å²) in [5, 5.41) is 0. The van der Waals surface area contributed by atoms with Crippen molar-refractivity contribution in [1.29, 1.82) is 0 Å². The summed E-state index contributed by atoms with van der Waals surface area (Å²) in [6, 6.07) is 15.1. The maximum absolute atomic E-state index is 12.9. The van der Waals surface area contributed by atoms with Crippen LogP contribution in [0.1, 0.15) is 24.0 Å². The molecule has 6 heteroatoms. The van der Waals surface area contributed by atoms with Crippen LogP contribution in [0.25, 0.3) is 0 Å². The van der Waals surface area contributed by atoms with Crippen LogP contribution in [0.3, 0.4) is 0 Å². The fourth-order valence-electron chi connectivity index (χ4n) is 2.81. The minimum absolute atomic E-state index is 0.235. The second-order valence-corrected chi connectivity index (χ2v) is 8.70. The monoisotopic (exact) mass is 375 g/mol. The van der Waals surface area contributed by atoms with E-state index in [0.29, 0.717) is 19.0 Å². The zero-order valence-electron chi connectivity index (χ0n) is 15.2. The van der Waals surface area contributed by atoms with Crippen molar-refractivity contribution >= 4 is 10.0 Å². The molecule has 0 heterocycles. The van der Waals surface area contributed by atoms with E-state index in [1.807, 2.05) is 48.5 Å². The molecule has 0 bridgehead atoms. The second kappa shape index (κ2) is 8.10. The van der Waals surface area contributed by atoms with Crippen molar-refractivity contribution in [2.45, 2.75) is 25.9 Å². The number of hydrogen-bond donors (Lipinski definition) is 0. The Labute approximate surface area is 155 Å². The molecular formula is C20H25NO4S. The number of methoxy groups -OCH3 is 2. The lowest BCUT2D eigenvalue weighted by molar-refractivity contribution is 0.396. The van der Waals surface area contributed by atoms with Gasteiger partial charge in [-0.05, 0) is 54.2 Å². The number of benzene rings is 2. The molecule has 1 aliphatic carbocycles. The summed E-state index contributed by atoms with van der Waals surface area (Å²) in [6.07, 6.45) is 2.02. The zero-order valence-corrected chi connectivity index (χ0v) is 16.0. The molecule has 1 fully saturated rings. The van der Waals surface area contributed by atoms with Gasteiger partial charge in [-0.15, -0.1) is 0 Å². The van der Waals surface area contributed by atoms with Gasteiger partial charge in [0.05, 0.1) is 20.0 Å². The predicted octanol–water partition coefficient (Wildman–Crippen LogP) is 3.45. The Bertz CT molecular complexity index is 762. The van der Waals surface area contributed by atoms with Gasteiger partial charge in [0, 0.05) is 13.1 Å². The van der Waals surface area contributed by atoms with Crippen molar-refractivity contribution < 1.29 is 17.9 Å². The van der Waals surface area contributed by atoms with Gasteiger partial charge in [0.25, 0.3) is 0 Å². The molecule has 0 spiro atoms. The minimum atomic E-state index is -3.32. The lowest BCUT2D eigenvalue weighted by atomic mass is 10.2. The quantitative estimate of drug-likeness (QED) is 0.674. The summed E-state index contributed by atoms with van der Waals surface area (Å²) in [6.45, 7) is 0.705. The Morgan fingerprint density at radius 2 is 1.27 bits per heavy atom. The number of hydrogen-bond acceptors (Lipinski definition) is 4. The first-order valence-electron chi connectivity index (χ1n) is 8.74. The van der Waals surface area contributed by atoms with Gasteiger partial charge in [0.2, 0.25) is 10.0 Å². The summed E-state index contributed by atoms with van der Waals surface area (Å²) in [7, 11) is -0.0837. The normalized spacial score (nSPS) is 14.4. The van der Waals surface area contributed by atoms with E-state index in [1.165, 1.54) is 0 Å². The highest BCUT2D eigenvalue weighted by atomic mass is 32.2. The fourth-order valence-corrected chi connectivity index (χ4v) is 4.64. The summed E-state index contributed by atoms with van der Waals surface area (Å²) >= 11 is 0. The van der Waals surface area contributed by atoms with E-state index >= 15 is 0 Å². The van der Waals surface area contributed by atoms with E-state index in [-0.39, 0.29) is 5.75 Å². The molecular weight excluding hydrogens is 350 g/mol. The third-order valence-corrected chi connectivity index (χ3v) is 6.51. The molecule has 0 saturated heterocycles. The molecule has 0 aliphatic heterocycles. The highest BCUT2D eigenvalue weighted by molar-refractivity contribution is 7.89. The lowest BCUT2D eigenvalue weighted by Gasteiger charge is -2.23. The van der Waals surface area contributed by atoms with Crippen molar-refractivity contribution in [1.82, 2.24) is 4.31 Å². The minimum Gasteiger partial charge on any atom is -0.497 e. The van der Waals surface area contributed by atoms with Gasteiger partial charge in [0.15, 0.2) is 0 Å². The van der Waals surface area contributed by atoms with Crippen LogP contribution in [0.5, 0.6) is 11.5 Å². The van der Waals surface area contributed by atoms with Crippen molar-refractivity contribution in [3.8, 4) is 11.5 Å². The van der Waals surface area contributed by atoms with Gasteiger partial charge in [-0.2, -0.15) is 4.31 Å². The van der Waals surface area contributed by atoms with Gasteiger partial charge in [-0.1, -0.05) is 24.3 Å². The van der Waals surface area contributed by atoms with Crippen molar-refractivity contribution in [2.75, 3.05) is 20.0 Å². The van der Waals surface area contributed by atoms with Crippen molar-refractivity contribution in [3.05, 3.63) is 59.7 Å². The van der Waals surface area contributed by atoms with Crippen LogP contribution in [0.15, 0.2) is 48.5 Å². The lowest BCUT2D eigenvalue weighted by Crippen LogP contribution is -2.32. The van der Waals surface area contributed by atoms with Crippen LogP contribution in [-0.4, -0.2) is 32.7 Å². The average molecular weight is 375 g/mol. The highest BCUT2D eigenvalue weighted by Gasteiger charge is 2.32. The number of sulfonamides is 1. The maximum atomic E-state index is 12.9. The zero-order chi connectivity index (χ0) is 18.6. The van der Waals surface area contributed by atoms with Gasteiger partial charge >= 0.3 is 0 Å². The standard InChI is InChI=1S/C20H25NO4S/c1-24-19-9-5-16(6-10-19)13-21(26(22,23)15-18-3-4-18)14-17-7-11-20(25-2)12-8-17/h5-12,18H,3-4,13-15H2,1-2H3. The molecule has 1 saturated carbocycles. The molecule has 0 N–H and O–H groups in total. The smallest absolute Gasteiger partial charge is 0.214 e. The third kappa shape index (κ3) is 4.99. The van der Waals surface area contributed by atoms with Crippen LogP contribution in [-0.2, 0) is 23.1 Å². The number of nitrogens with zero attached hydrogens (tertiary/aromatic N) is 1. The molecule has 0 atom stereocenters. The highest BCUT2D eigenvalue weighted by Crippen LogP contribution is 2.32. The first-order valence-corrected chi connectivity index (χ1v) is 10.3. The van der Waals surface area contributed by atoms with Gasteiger partial charge in [-0.25, -0.2) is 8.42 Å². The first kappa shape index (κ1) is 18.7. The second-order valence-electron chi connectivity index (χ2n) is 6.69. The molecule has 0 amide bonds. The largest absolute Gasteiger partial charge is 0.497 e. The van der Waals surface area contributed by atoms with E-state index < -0.39 is 10.0 Å². The van der Waals surface area contributed by atoms with Gasteiger partial charge in [-0.3, -0.25) is 0 Å². The summed E-state index contributed by atoms with van der Waals surface area (Å²) in [4.78, 5) is 0. The Balaban J connectivity index is 1.79. The Morgan fingerprint density at radius 3 is 1.62 bits per heavy atom. The van der Waals surface area contributed by atoms with E-state index in [9.17, 15) is 8.42 Å². The predicted molar refractivity (Wildman–Crippen MR) is 102 cm³/mol. The number of ether oxygens (including phenoxy) is 2. The van der Waals surface area contributed by atoms with Crippen molar-refractivity contribution in [2.24, 2.45) is 5.92 Å². The van der Waals surface area contributed by atoms with Crippen LogP contribution in [0.2, 0.25) is 0 Å².